The number of rotatable bonds is 4. The van der Waals surface area contributed by atoms with Gasteiger partial charge in [-0.3, -0.25) is 19.4 Å². The molecule has 0 unspecified atom stereocenters. The number of aromatic nitrogens is 4. The molecule has 0 radical (unpaired) electrons. The predicted molar refractivity (Wildman–Crippen MR) is 79.8 cm³/mol. The zero-order valence-electron chi connectivity index (χ0n) is 12.3. The molecule has 1 aliphatic rings. The molecule has 1 fully saturated rings. The highest BCUT2D eigenvalue weighted by Gasteiger charge is 2.20. The van der Waals surface area contributed by atoms with E-state index in [1.807, 2.05) is 6.92 Å². The van der Waals surface area contributed by atoms with Crippen LogP contribution in [0.3, 0.4) is 0 Å². The van der Waals surface area contributed by atoms with Gasteiger partial charge >= 0.3 is 0 Å². The molecule has 1 aliphatic heterocycles. The molecule has 2 aromatic heterocycles. The van der Waals surface area contributed by atoms with Crippen molar-refractivity contribution in [1.29, 1.82) is 0 Å². The maximum atomic E-state index is 11.7. The van der Waals surface area contributed by atoms with E-state index in [0.29, 0.717) is 5.92 Å². The Balaban J connectivity index is 1.51. The highest BCUT2D eigenvalue weighted by molar-refractivity contribution is 5.06. The minimum atomic E-state index is 0.0411. The lowest BCUT2D eigenvalue weighted by atomic mass is 9.96. The third-order valence-electron chi connectivity index (χ3n) is 4.10. The third-order valence-corrected chi connectivity index (χ3v) is 4.10. The van der Waals surface area contributed by atoms with Crippen molar-refractivity contribution in [2.75, 3.05) is 13.1 Å². The molecule has 6 nitrogen and oxygen atoms in total. The molecule has 0 atom stereocenters. The lowest BCUT2D eigenvalue weighted by molar-refractivity contribution is 0.164. The Hall–Kier alpha value is -1.95. The van der Waals surface area contributed by atoms with Crippen LogP contribution in [0.15, 0.2) is 29.5 Å². The minimum Gasteiger partial charge on any atom is -0.299 e. The molecule has 6 heteroatoms. The van der Waals surface area contributed by atoms with Crippen LogP contribution >= 0.6 is 0 Å². The first-order valence-electron chi connectivity index (χ1n) is 7.44. The average Bonchev–Trinajstić information content (AvgIpc) is 2.89. The molecule has 3 rings (SSSR count). The summed E-state index contributed by atoms with van der Waals surface area (Å²) in [5, 5.41) is 7.27. The van der Waals surface area contributed by atoms with Crippen molar-refractivity contribution in [3.05, 3.63) is 46.4 Å². The Kier molecular flexibility index (Phi) is 4.15. The summed E-state index contributed by atoms with van der Waals surface area (Å²) in [7, 11) is 0. The summed E-state index contributed by atoms with van der Waals surface area (Å²) in [6, 6.07) is 3.62. The average molecular weight is 287 g/mol. The van der Waals surface area contributed by atoms with Gasteiger partial charge < -0.3 is 0 Å². The molecule has 2 aromatic rings. The summed E-state index contributed by atoms with van der Waals surface area (Å²) >= 11 is 0. The van der Waals surface area contributed by atoms with Gasteiger partial charge in [0.25, 0.3) is 5.56 Å². The number of likely N-dealkylation sites (tertiary alicyclic amines) is 1. The number of aryl methyl sites for hydroxylation is 1. The fraction of sp³-hybridized carbons (Fsp3) is 0.533. The summed E-state index contributed by atoms with van der Waals surface area (Å²) < 4.78 is 1.72. The van der Waals surface area contributed by atoms with Crippen LogP contribution in [0, 0.1) is 12.8 Å². The predicted octanol–water partition coefficient (Wildman–Crippen LogP) is 1.19. The fourth-order valence-corrected chi connectivity index (χ4v) is 2.91. The Morgan fingerprint density at radius 1 is 1.38 bits per heavy atom. The van der Waals surface area contributed by atoms with Crippen LogP contribution in [0.25, 0.3) is 0 Å². The number of piperidine rings is 1. The first-order chi connectivity index (χ1) is 10.2. The third kappa shape index (κ3) is 3.58. The Morgan fingerprint density at radius 2 is 2.19 bits per heavy atom. The quantitative estimate of drug-likeness (QED) is 0.917. The van der Waals surface area contributed by atoms with Gasteiger partial charge in [-0.05, 0) is 44.8 Å². The Labute approximate surface area is 123 Å². The maximum Gasteiger partial charge on any atom is 0.253 e. The smallest absolute Gasteiger partial charge is 0.253 e. The van der Waals surface area contributed by atoms with E-state index >= 15 is 0 Å². The SMILES string of the molecule is Cc1cc(CN2CCC(Cn3cnccc3=O)CC2)n[nH]1. The second-order valence-electron chi connectivity index (χ2n) is 5.83. The molecule has 0 aliphatic carbocycles. The van der Waals surface area contributed by atoms with E-state index < -0.39 is 0 Å². The van der Waals surface area contributed by atoms with Crippen molar-refractivity contribution >= 4 is 0 Å². The summed E-state index contributed by atoms with van der Waals surface area (Å²) in [5.41, 5.74) is 2.25. The van der Waals surface area contributed by atoms with Crippen molar-refractivity contribution in [2.24, 2.45) is 5.92 Å². The number of H-pyrrole nitrogens is 1. The monoisotopic (exact) mass is 287 g/mol. The van der Waals surface area contributed by atoms with E-state index in [-0.39, 0.29) is 5.56 Å². The highest BCUT2D eigenvalue weighted by atomic mass is 16.1. The number of nitrogens with zero attached hydrogens (tertiary/aromatic N) is 4. The second-order valence-corrected chi connectivity index (χ2v) is 5.83. The van der Waals surface area contributed by atoms with Gasteiger partial charge in [0.2, 0.25) is 0 Å². The van der Waals surface area contributed by atoms with Gasteiger partial charge in [0.05, 0.1) is 12.0 Å². The molecule has 0 aromatic carbocycles. The lowest BCUT2D eigenvalue weighted by Gasteiger charge is -2.31. The van der Waals surface area contributed by atoms with Crippen LogP contribution in [-0.2, 0) is 13.1 Å². The molecule has 0 amide bonds. The molecule has 0 saturated carbocycles. The lowest BCUT2D eigenvalue weighted by Crippen LogP contribution is -2.36. The number of nitrogens with one attached hydrogen (secondary N) is 1. The first kappa shape index (κ1) is 14.0. The fourth-order valence-electron chi connectivity index (χ4n) is 2.91. The van der Waals surface area contributed by atoms with Crippen LogP contribution in [0.1, 0.15) is 24.2 Å². The van der Waals surface area contributed by atoms with Crippen molar-refractivity contribution in [3.63, 3.8) is 0 Å². The summed E-state index contributed by atoms with van der Waals surface area (Å²) in [5.74, 6) is 0.559. The number of hydrogen-bond donors (Lipinski definition) is 1. The first-order valence-corrected chi connectivity index (χ1v) is 7.44. The molecule has 21 heavy (non-hydrogen) atoms. The second kappa shape index (κ2) is 6.22. The Bertz CT molecular complexity index is 639. The van der Waals surface area contributed by atoms with Crippen molar-refractivity contribution in [3.8, 4) is 0 Å². The molecular formula is C15H21N5O. The van der Waals surface area contributed by atoms with E-state index in [9.17, 15) is 4.79 Å². The maximum absolute atomic E-state index is 11.7. The summed E-state index contributed by atoms with van der Waals surface area (Å²) in [6.07, 6.45) is 5.42. The molecule has 1 saturated heterocycles. The molecule has 1 N–H and O–H groups in total. The van der Waals surface area contributed by atoms with E-state index in [0.717, 1.165) is 50.4 Å². The standard InChI is InChI=1S/C15H21N5O/c1-12-8-14(18-17-12)10-19-6-3-13(4-7-19)9-20-11-16-5-2-15(20)21/h2,5,8,11,13H,3-4,6-7,9-10H2,1H3,(H,17,18). The number of hydrogen-bond acceptors (Lipinski definition) is 4. The molecular weight excluding hydrogens is 266 g/mol. The molecule has 0 spiro atoms. The summed E-state index contributed by atoms with van der Waals surface area (Å²) in [6.45, 7) is 5.83. The van der Waals surface area contributed by atoms with Gasteiger partial charge in [-0.15, -0.1) is 0 Å². The Morgan fingerprint density at radius 3 is 2.86 bits per heavy atom. The normalized spacial score (nSPS) is 17.2. The minimum absolute atomic E-state index is 0.0411. The molecule has 112 valence electrons. The van der Waals surface area contributed by atoms with Crippen molar-refractivity contribution in [1.82, 2.24) is 24.6 Å². The van der Waals surface area contributed by atoms with Crippen LogP contribution in [0.2, 0.25) is 0 Å². The van der Waals surface area contributed by atoms with Gasteiger partial charge in [0, 0.05) is 31.0 Å². The molecule has 0 bridgehead atoms. The van der Waals surface area contributed by atoms with Gasteiger partial charge in [-0.1, -0.05) is 0 Å². The van der Waals surface area contributed by atoms with Crippen LogP contribution < -0.4 is 5.56 Å². The largest absolute Gasteiger partial charge is 0.299 e. The zero-order chi connectivity index (χ0) is 14.7. The van der Waals surface area contributed by atoms with E-state index in [1.54, 1.807) is 17.1 Å². The van der Waals surface area contributed by atoms with Gasteiger partial charge in [0.1, 0.15) is 0 Å². The zero-order valence-corrected chi connectivity index (χ0v) is 12.3. The van der Waals surface area contributed by atoms with Crippen molar-refractivity contribution < 1.29 is 0 Å². The van der Waals surface area contributed by atoms with Crippen LogP contribution in [-0.4, -0.2) is 37.7 Å². The van der Waals surface area contributed by atoms with Gasteiger partial charge in [-0.25, -0.2) is 4.98 Å². The topological polar surface area (TPSA) is 66.8 Å². The van der Waals surface area contributed by atoms with Gasteiger partial charge in [-0.2, -0.15) is 5.10 Å². The highest BCUT2D eigenvalue weighted by Crippen LogP contribution is 2.19. The van der Waals surface area contributed by atoms with E-state index in [1.165, 1.54) is 6.07 Å². The van der Waals surface area contributed by atoms with Crippen LogP contribution in [0.4, 0.5) is 0 Å². The van der Waals surface area contributed by atoms with Crippen LogP contribution in [0.5, 0.6) is 0 Å². The van der Waals surface area contributed by atoms with E-state index in [4.69, 9.17) is 0 Å². The number of aromatic amines is 1. The van der Waals surface area contributed by atoms with Crippen molar-refractivity contribution in [2.45, 2.75) is 32.9 Å². The van der Waals surface area contributed by atoms with Gasteiger partial charge in [0.15, 0.2) is 0 Å². The molecule has 3 heterocycles. The van der Waals surface area contributed by atoms with E-state index in [2.05, 4.69) is 26.1 Å². The summed E-state index contributed by atoms with van der Waals surface area (Å²) in [4.78, 5) is 18.2.